The maximum absolute atomic E-state index is 12.3. The standard InChI is InChI=1S/C21H16N2O3S/c1-2-10-23-16-13-17-18(26-12-11-25-17)14-19(16)27-21(23)22-20(24)9-8-15-6-4-3-5-7-15/h1,3-9,13-14H,10-12H2/b9-8+,22-21?. The number of fused-ring (bicyclic) bond motifs is 2. The molecule has 5 nitrogen and oxygen atoms in total. The van der Waals surface area contributed by atoms with Gasteiger partial charge in [-0.1, -0.05) is 47.6 Å². The summed E-state index contributed by atoms with van der Waals surface area (Å²) in [4.78, 5) is 17.1. The topological polar surface area (TPSA) is 52.8 Å². The van der Waals surface area contributed by atoms with Crippen molar-refractivity contribution in [1.29, 1.82) is 0 Å². The fraction of sp³-hybridized carbons (Fsp3) is 0.143. The third-order valence-corrected chi connectivity index (χ3v) is 5.06. The molecule has 1 aliphatic rings. The van der Waals surface area contributed by atoms with Gasteiger partial charge in [0.1, 0.15) is 13.2 Å². The van der Waals surface area contributed by atoms with E-state index in [-0.39, 0.29) is 5.91 Å². The highest BCUT2D eigenvalue weighted by molar-refractivity contribution is 7.16. The van der Waals surface area contributed by atoms with E-state index < -0.39 is 0 Å². The lowest BCUT2D eigenvalue weighted by Crippen LogP contribution is -2.17. The van der Waals surface area contributed by atoms with Crippen LogP contribution in [0.15, 0.2) is 53.5 Å². The van der Waals surface area contributed by atoms with E-state index in [0.717, 1.165) is 15.8 Å². The molecule has 134 valence electrons. The Morgan fingerprint density at radius 1 is 1.22 bits per heavy atom. The number of hydrogen-bond donors (Lipinski definition) is 0. The molecule has 0 radical (unpaired) electrons. The second-order valence-corrected chi connectivity index (χ2v) is 6.84. The van der Waals surface area contributed by atoms with Crippen LogP contribution in [0.25, 0.3) is 16.3 Å². The summed E-state index contributed by atoms with van der Waals surface area (Å²) in [7, 11) is 0. The molecular weight excluding hydrogens is 360 g/mol. The number of aromatic nitrogens is 1. The number of ether oxygens (including phenoxy) is 2. The minimum Gasteiger partial charge on any atom is -0.486 e. The van der Waals surface area contributed by atoms with Crippen molar-refractivity contribution >= 4 is 33.5 Å². The van der Waals surface area contributed by atoms with E-state index in [1.165, 1.54) is 17.4 Å². The maximum Gasteiger partial charge on any atom is 0.272 e. The van der Waals surface area contributed by atoms with Gasteiger partial charge in [-0.25, -0.2) is 0 Å². The van der Waals surface area contributed by atoms with Crippen molar-refractivity contribution in [2.75, 3.05) is 13.2 Å². The van der Waals surface area contributed by atoms with Gasteiger partial charge in [-0.2, -0.15) is 4.99 Å². The monoisotopic (exact) mass is 376 g/mol. The predicted octanol–water partition coefficient (Wildman–Crippen LogP) is 3.25. The van der Waals surface area contributed by atoms with Crippen LogP contribution in [-0.2, 0) is 11.3 Å². The molecule has 0 saturated heterocycles. The van der Waals surface area contributed by atoms with Crippen molar-refractivity contribution in [1.82, 2.24) is 4.57 Å². The highest BCUT2D eigenvalue weighted by Crippen LogP contribution is 2.35. The second kappa shape index (κ2) is 7.52. The Morgan fingerprint density at radius 2 is 1.96 bits per heavy atom. The van der Waals surface area contributed by atoms with Crippen LogP contribution < -0.4 is 14.3 Å². The van der Waals surface area contributed by atoms with E-state index in [1.54, 1.807) is 6.08 Å². The number of thiazole rings is 1. The van der Waals surface area contributed by atoms with Crippen LogP contribution in [0.2, 0.25) is 0 Å². The first-order chi connectivity index (χ1) is 13.2. The second-order valence-electron chi connectivity index (χ2n) is 5.83. The number of amides is 1. The smallest absolute Gasteiger partial charge is 0.272 e. The third kappa shape index (κ3) is 3.64. The summed E-state index contributed by atoms with van der Waals surface area (Å²) in [6.45, 7) is 1.35. The molecule has 6 heteroatoms. The number of hydrogen-bond acceptors (Lipinski definition) is 4. The molecule has 0 spiro atoms. The summed E-state index contributed by atoms with van der Waals surface area (Å²) < 4.78 is 14.1. The summed E-state index contributed by atoms with van der Waals surface area (Å²) in [6.07, 6.45) is 8.72. The van der Waals surface area contributed by atoms with E-state index in [0.29, 0.717) is 36.1 Å². The van der Waals surface area contributed by atoms with Crippen LogP contribution >= 0.6 is 11.3 Å². The number of carbonyl (C=O) groups excluding carboxylic acids is 1. The number of carbonyl (C=O) groups is 1. The lowest BCUT2D eigenvalue weighted by Gasteiger charge is -2.18. The number of nitrogens with zero attached hydrogens (tertiary/aromatic N) is 2. The molecule has 0 saturated carbocycles. The van der Waals surface area contributed by atoms with Crippen LogP contribution in [0, 0.1) is 12.3 Å². The van der Waals surface area contributed by atoms with Gasteiger partial charge in [-0.3, -0.25) is 4.79 Å². The highest BCUT2D eigenvalue weighted by Gasteiger charge is 2.16. The van der Waals surface area contributed by atoms with Gasteiger partial charge in [0.25, 0.3) is 5.91 Å². The first-order valence-corrected chi connectivity index (χ1v) is 9.24. The normalized spacial score (nSPS) is 13.8. The Bertz CT molecular complexity index is 1130. The van der Waals surface area contributed by atoms with Gasteiger partial charge in [0.2, 0.25) is 0 Å². The quantitative estimate of drug-likeness (QED) is 0.521. The third-order valence-electron chi connectivity index (χ3n) is 4.02. The largest absolute Gasteiger partial charge is 0.486 e. The Hall–Kier alpha value is -3.30. The molecule has 0 unspecified atom stereocenters. The first kappa shape index (κ1) is 17.1. The van der Waals surface area contributed by atoms with Crippen LogP contribution in [0.4, 0.5) is 0 Å². The van der Waals surface area contributed by atoms with Gasteiger partial charge in [-0.15, -0.1) is 6.42 Å². The molecular formula is C21H16N2O3S. The lowest BCUT2D eigenvalue weighted by molar-refractivity contribution is -0.113. The molecule has 0 fully saturated rings. The first-order valence-electron chi connectivity index (χ1n) is 8.43. The Morgan fingerprint density at radius 3 is 2.70 bits per heavy atom. The average Bonchev–Trinajstić information content (AvgIpc) is 3.02. The van der Waals surface area contributed by atoms with Crippen LogP contribution in [0.1, 0.15) is 5.56 Å². The molecule has 2 heterocycles. The van der Waals surface area contributed by atoms with Gasteiger partial charge in [0.15, 0.2) is 16.3 Å². The van der Waals surface area contributed by atoms with Crippen molar-refractivity contribution in [2.45, 2.75) is 6.54 Å². The van der Waals surface area contributed by atoms with Crippen molar-refractivity contribution < 1.29 is 14.3 Å². The molecule has 1 aromatic heterocycles. The van der Waals surface area contributed by atoms with Crippen LogP contribution in [0.5, 0.6) is 11.5 Å². The fourth-order valence-corrected chi connectivity index (χ4v) is 3.84. The number of terminal acetylenes is 1. The van der Waals surface area contributed by atoms with E-state index in [2.05, 4.69) is 10.9 Å². The molecule has 0 N–H and O–H groups in total. The highest BCUT2D eigenvalue weighted by atomic mass is 32.1. The summed E-state index contributed by atoms with van der Waals surface area (Å²) in [6, 6.07) is 13.4. The zero-order valence-electron chi connectivity index (χ0n) is 14.4. The zero-order valence-corrected chi connectivity index (χ0v) is 15.2. The Kier molecular flexibility index (Phi) is 4.77. The molecule has 0 atom stereocenters. The van der Waals surface area contributed by atoms with Gasteiger partial charge in [0, 0.05) is 18.2 Å². The number of benzene rings is 2. The molecule has 27 heavy (non-hydrogen) atoms. The minimum atomic E-state index is -0.339. The maximum atomic E-state index is 12.3. The lowest BCUT2D eigenvalue weighted by atomic mass is 10.2. The van der Waals surface area contributed by atoms with E-state index in [4.69, 9.17) is 15.9 Å². The summed E-state index contributed by atoms with van der Waals surface area (Å²) >= 11 is 1.40. The summed E-state index contributed by atoms with van der Waals surface area (Å²) in [5, 5.41) is 0. The molecule has 3 aromatic rings. The van der Waals surface area contributed by atoms with Crippen LogP contribution in [0.3, 0.4) is 0 Å². The minimum absolute atomic E-state index is 0.314. The molecule has 2 aromatic carbocycles. The number of rotatable bonds is 3. The Balaban J connectivity index is 1.74. The van der Waals surface area contributed by atoms with E-state index >= 15 is 0 Å². The molecule has 1 amide bonds. The van der Waals surface area contributed by atoms with Crippen molar-refractivity contribution in [3.8, 4) is 23.8 Å². The molecule has 1 aliphatic heterocycles. The molecule has 0 bridgehead atoms. The average molecular weight is 376 g/mol. The molecule has 4 rings (SSSR count). The zero-order chi connectivity index (χ0) is 18.6. The van der Waals surface area contributed by atoms with E-state index in [9.17, 15) is 4.79 Å². The molecule has 0 aliphatic carbocycles. The van der Waals surface area contributed by atoms with Crippen molar-refractivity contribution in [3.63, 3.8) is 0 Å². The van der Waals surface area contributed by atoms with Crippen molar-refractivity contribution in [3.05, 3.63) is 58.9 Å². The fourth-order valence-electron chi connectivity index (χ4n) is 2.80. The summed E-state index contributed by atoms with van der Waals surface area (Å²) in [5.74, 6) is 3.66. The predicted molar refractivity (Wildman–Crippen MR) is 106 cm³/mol. The van der Waals surface area contributed by atoms with Gasteiger partial charge in [-0.05, 0) is 11.6 Å². The Labute approximate surface area is 160 Å². The van der Waals surface area contributed by atoms with Crippen molar-refractivity contribution in [2.24, 2.45) is 4.99 Å². The van der Waals surface area contributed by atoms with E-state index in [1.807, 2.05) is 47.0 Å². The SMILES string of the molecule is C#CCn1c(=NC(=O)/C=C/c2ccccc2)sc2cc3c(cc21)OCCO3. The van der Waals surface area contributed by atoms with Gasteiger partial charge in [0.05, 0.1) is 16.8 Å². The summed E-state index contributed by atoms with van der Waals surface area (Å²) in [5.41, 5.74) is 1.82. The van der Waals surface area contributed by atoms with Gasteiger partial charge < -0.3 is 14.0 Å². The van der Waals surface area contributed by atoms with Crippen LogP contribution in [-0.4, -0.2) is 23.7 Å². The van der Waals surface area contributed by atoms with Gasteiger partial charge >= 0.3 is 0 Å².